The van der Waals surface area contributed by atoms with Crippen LogP contribution in [0.2, 0.25) is 5.15 Å². The highest BCUT2D eigenvalue weighted by Crippen LogP contribution is 2.40. The van der Waals surface area contributed by atoms with Crippen molar-refractivity contribution in [3.05, 3.63) is 28.3 Å². The highest BCUT2D eigenvalue weighted by atomic mass is 35.5. The Kier molecular flexibility index (Phi) is 4.16. The van der Waals surface area contributed by atoms with Gasteiger partial charge < -0.3 is 9.42 Å². The van der Waals surface area contributed by atoms with Gasteiger partial charge in [0.15, 0.2) is 5.82 Å². The van der Waals surface area contributed by atoms with Gasteiger partial charge in [-0.05, 0) is 39.0 Å². The lowest BCUT2D eigenvalue weighted by Gasteiger charge is -2.32. The average Bonchev–Trinajstić information content (AvgIpc) is 3.32. The van der Waals surface area contributed by atoms with Gasteiger partial charge in [0, 0.05) is 30.5 Å². The Morgan fingerprint density at radius 2 is 1.83 bits per heavy atom. The smallest absolute Gasteiger partial charge is 0.229 e. The van der Waals surface area contributed by atoms with E-state index < -0.39 is 0 Å². The number of anilines is 1. The molecule has 1 aliphatic carbocycles. The topological polar surface area (TPSA) is 67.9 Å². The molecule has 6 nitrogen and oxygen atoms in total. The maximum Gasteiger partial charge on any atom is 0.229 e. The summed E-state index contributed by atoms with van der Waals surface area (Å²) in [5.74, 6) is 4.32. The highest BCUT2D eigenvalue weighted by Gasteiger charge is 2.32. The van der Waals surface area contributed by atoms with Crippen LogP contribution in [-0.4, -0.2) is 33.2 Å². The van der Waals surface area contributed by atoms with E-state index >= 15 is 0 Å². The van der Waals surface area contributed by atoms with E-state index in [-0.39, 0.29) is 0 Å². The second-order valence-corrected chi connectivity index (χ2v) is 7.10. The first-order valence-electron chi connectivity index (χ1n) is 8.77. The van der Waals surface area contributed by atoms with Crippen LogP contribution in [-0.2, 0) is 6.42 Å². The van der Waals surface area contributed by atoms with E-state index in [1.54, 1.807) is 0 Å². The standard InChI is InChI=1S/C17H22ClN5O/c1-3-13-14(18)19-10(2)20-16(13)23-8-6-11(7-9-23)15-21-17(24-22-15)12-4-5-12/h11-12H,3-9H2,1-2H3. The summed E-state index contributed by atoms with van der Waals surface area (Å²) < 4.78 is 5.41. The molecule has 0 bridgehead atoms. The average molecular weight is 348 g/mol. The van der Waals surface area contributed by atoms with Crippen molar-refractivity contribution in [1.82, 2.24) is 20.1 Å². The summed E-state index contributed by atoms with van der Waals surface area (Å²) in [4.78, 5) is 15.9. The van der Waals surface area contributed by atoms with Crippen molar-refractivity contribution in [2.24, 2.45) is 0 Å². The van der Waals surface area contributed by atoms with E-state index in [1.807, 2.05) is 6.92 Å². The normalized spacial score (nSPS) is 19.0. The van der Waals surface area contributed by atoms with E-state index in [0.717, 1.165) is 61.3 Å². The van der Waals surface area contributed by atoms with Crippen LogP contribution in [0.5, 0.6) is 0 Å². The lowest BCUT2D eigenvalue weighted by molar-refractivity contribution is 0.364. The summed E-state index contributed by atoms with van der Waals surface area (Å²) in [6.07, 6.45) is 5.23. The number of rotatable bonds is 4. The van der Waals surface area contributed by atoms with Gasteiger partial charge in [-0.1, -0.05) is 23.7 Å². The molecule has 2 fully saturated rings. The summed E-state index contributed by atoms with van der Waals surface area (Å²) >= 11 is 6.31. The molecule has 4 rings (SSSR count). The summed E-state index contributed by atoms with van der Waals surface area (Å²) in [7, 11) is 0. The van der Waals surface area contributed by atoms with E-state index in [0.29, 0.717) is 17.0 Å². The zero-order valence-corrected chi connectivity index (χ0v) is 14.9. The van der Waals surface area contributed by atoms with Crippen molar-refractivity contribution >= 4 is 17.4 Å². The van der Waals surface area contributed by atoms with Crippen LogP contribution in [0.25, 0.3) is 0 Å². The molecule has 0 amide bonds. The molecule has 1 aliphatic heterocycles. The quantitative estimate of drug-likeness (QED) is 0.786. The molecule has 2 aliphatic rings. The molecule has 7 heteroatoms. The number of piperidine rings is 1. The zero-order chi connectivity index (χ0) is 16.7. The second-order valence-electron chi connectivity index (χ2n) is 6.74. The van der Waals surface area contributed by atoms with Crippen LogP contribution in [0, 0.1) is 6.92 Å². The van der Waals surface area contributed by atoms with Crippen LogP contribution < -0.4 is 4.90 Å². The molecule has 128 valence electrons. The molecule has 24 heavy (non-hydrogen) atoms. The van der Waals surface area contributed by atoms with E-state index in [2.05, 4.69) is 31.9 Å². The first-order valence-corrected chi connectivity index (χ1v) is 9.15. The van der Waals surface area contributed by atoms with Gasteiger partial charge in [0.25, 0.3) is 0 Å². The molecule has 0 unspecified atom stereocenters. The van der Waals surface area contributed by atoms with Crippen LogP contribution in [0.1, 0.15) is 67.5 Å². The first-order chi connectivity index (χ1) is 11.7. The third-order valence-electron chi connectivity index (χ3n) is 4.94. The van der Waals surface area contributed by atoms with Gasteiger partial charge in [-0.2, -0.15) is 4.98 Å². The Morgan fingerprint density at radius 3 is 2.50 bits per heavy atom. The largest absolute Gasteiger partial charge is 0.356 e. The van der Waals surface area contributed by atoms with Gasteiger partial charge in [0.1, 0.15) is 16.8 Å². The van der Waals surface area contributed by atoms with Gasteiger partial charge in [0.2, 0.25) is 5.89 Å². The number of halogens is 1. The van der Waals surface area contributed by atoms with Crippen molar-refractivity contribution in [3.8, 4) is 0 Å². The lowest BCUT2D eigenvalue weighted by Crippen LogP contribution is -2.34. The predicted molar refractivity (Wildman–Crippen MR) is 91.6 cm³/mol. The maximum atomic E-state index is 6.31. The fourth-order valence-electron chi connectivity index (χ4n) is 3.37. The summed E-state index contributed by atoms with van der Waals surface area (Å²) in [6.45, 7) is 5.84. The molecular weight excluding hydrogens is 326 g/mol. The van der Waals surface area contributed by atoms with Gasteiger partial charge in [0.05, 0.1) is 0 Å². The van der Waals surface area contributed by atoms with E-state index in [4.69, 9.17) is 16.1 Å². The fraction of sp³-hybridized carbons (Fsp3) is 0.647. The highest BCUT2D eigenvalue weighted by molar-refractivity contribution is 6.30. The first kappa shape index (κ1) is 15.8. The SMILES string of the molecule is CCc1c(Cl)nc(C)nc1N1CCC(c2noc(C3CC3)n2)CC1. The molecule has 0 spiro atoms. The lowest BCUT2D eigenvalue weighted by atomic mass is 9.96. The Hall–Kier alpha value is -1.69. The van der Waals surface area contributed by atoms with Crippen molar-refractivity contribution in [1.29, 1.82) is 0 Å². The van der Waals surface area contributed by atoms with E-state index in [1.165, 1.54) is 12.8 Å². The van der Waals surface area contributed by atoms with Gasteiger partial charge in [-0.15, -0.1) is 0 Å². The number of aromatic nitrogens is 4. The molecule has 2 aromatic rings. The monoisotopic (exact) mass is 347 g/mol. The molecule has 1 saturated heterocycles. The van der Waals surface area contributed by atoms with Crippen LogP contribution >= 0.6 is 11.6 Å². The predicted octanol–water partition coefficient (Wildman–Crippen LogP) is 3.65. The van der Waals surface area contributed by atoms with Crippen LogP contribution in [0.4, 0.5) is 5.82 Å². The van der Waals surface area contributed by atoms with Crippen molar-refractivity contribution in [3.63, 3.8) is 0 Å². The number of nitrogens with zero attached hydrogens (tertiary/aromatic N) is 5. The van der Waals surface area contributed by atoms with Crippen molar-refractivity contribution in [2.45, 2.75) is 57.8 Å². The maximum absolute atomic E-state index is 6.31. The summed E-state index contributed by atoms with van der Waals surface area (Å²) in [5, 5.41) is 4.79. The fourth-order valence-corrected chi connectivity index (χ4v) is 3.71. The molecule has 0 radical (unpaired) electrons. The van der Waals surface area contributed by atoms with Gasteiger partial charge in [-0.3, -0.25) is 0 Å². The Morgan fingerprint density at radius 1 is 1.08 bits per heavy atom. The van der Waals surface area contributed by atoms with Gasteiger partial charge >= 0.3 is 0 Å². The number of hydrogen-bond acceptors (Lipinski definition) is 6. The Labute approximate surface area is 146 Å². The third-order valence-corrected chi connectivity index (χ3v) is 5.26. The van der Waals surface area contributed by atoms with Crippen molar-refractivity contribution in [2.75, 3.05) is 18.0 Å². The Bertz CT molecular complexity index is 735. The second kappa shape index (κ2) is 6.31. The summed E-state index contributed by atoms with van der Waals surface area (Å²) in [5.41, 5.74) is 1.04. The zero-order valence-electron chi connectivity index (χ0n) is 14.1. The molecule has 3 heterocycles. The molecule has 2 aromatic heterocycles. The minimum Gasteiger partial charge on any atom is -0.356 e. The molecule has 0 atom stereocenters. The molecule has 0 aromatic carbocycles. The van der Waals surface area contributed by atoms with Crippen molar-refractivity contribution < 1.29 is 4.52 Å². The summed E-state index contributed by atoms with van der Waals surface area (Å²) in [6, 6.07) is 0. The van der Waals surface area contributed by atoms with Crippen LogP contribution in [0.3, 0.4) is 0 Å². The van der Waals surface area contributed by atoms with Gasteiger partial charge in [-0.25, -0.2) is 9.97 Å². The number of hydrogen-bond donors (Lipinski definition) is 0. The molecule has 0 N–H and O–H groups in total. The number of aryl methyl sites for hydroxylation is 1. The third kappa shape index (κ3) is 2.99. The minimum absolute atomic E-state index is 0.376. The Balaban J connectivity index is 1.47. The van der Waals surface area contributed by atoms with Crippen LogP contribution in [0.15, 0.2) is 4.52 Å². The van der Waals surface area contributed by atoms with E-state index in [9.17, 15) is 0 Å². The minimum atomic E-state index is 0.376. The molecular formula is C17H22ClN5O. The molecule has 1 saturated carbocycles.